The van der Waals surface area contributed by atoms with Gasteiger partial charge < -0.3 is 28.8 Å². The first-order chi connectivity index (χ1) is 34.0. The zero-order chi connectivity index (χ0) is 51.3. The van der Waals surface area contributed by atoms with Crippen molar-refractivity contribution in [2.75, 3.05) is 40.9 Å². The van der Waals surface area contributed by atoms with Crippen LogP contribution in [-0.4, -0.2) is 68.5 Å². The van der Waals surface area contributed by atoms with Crippen molar-refractivity contribution in [3.8, 4) is 0 Å². The Labute approximate surface area is 434 Å². The van der Waals surface area contributed by atoms with E-state index < -0.39 is 26.6 Å². The molecule has 8 nitrogen and oxygen atoms in total. The highest BCUT2D eigenvalue weighted by molar-refractivity contribution is 7.45. The standard InChI is InChI=1S/C61H115N2O6P/c1-6-8-10-12-14-16-18-20-22-24-26-28-29-30-31-32-33-35-36-38-40-42-44-46-48-50-52-54-60(64)59(58-69-70(66,67)68-57-56-63(3,4)5)62-61(65)55-53-51-49-47-45-43-41-39-37-34-27-25-23-21-19-17-15-13-11-9-7-2/h19,21,25,27,37,39,44,46,52,54,59-60,64H,6-18,20,22-24,26,28-36,38,40-43,45,47-51,53,55-58H2,1-5H3,(H-,62,65,66,67)/b21-19-,27-25-,39-37-,46-44+,54-52+. The molecule has 0 spiro atoms. The lowest BCUT2D eigenvalue weighted by atomic mass is 10.0. The van der Waals surface area contributed by atoms with E-state index in [1.165, 1.54) is 186 Å². The number of likely N-dealkylation sites (N-methyl/N-ethyl adjacent to an activating group) is 1. The van der Waals surface area contributed by atoms with Gasteiger partial charge in [-0.2, -0.15) is 0 Å². The van der Waals surface area contributed by atoms with E-state index in [-0.39, 0.29) is 12.5 Å². The van der Waals surface area contributed by atoms with Gasteiger partial charge in [0, 0.05) is 6.42 Å². The van der Waals surface area contributed by atoms with Crippen LogP contribution in [0.25, 0.3) is 0 Å². The molecule has 0 fully saturated rings. The molecule has 9 heteroatoms. The predicted molar refractivity (Wildman–Crippen MR) is 302 cm³/mol. The van der Waals surface area contributed by atoms with Crippen molar-refractivity contribution in [3.63, 3.8) is 0 Å². The molecule has 0 radical (unpaired) electrons. The van der Waals surface area contributed by atoms with E-state index in [0.717, 1.165) is 64.2 Å². The Hall–Kier alpha value is -1.80. The molecule has 2 N–H and O–H groups in total. The van der Waals surface area contributed by atoms with Crippen LogP contribution in [0.3, 0.4) is 0 Å². The van der Waals surface area contributed by atoms with Crippen LogP contribution >= 0.6 is 7.82 Å². The maximum Gasteiger partial charge on any atom is 0.268 e. The highest BCUT2D eigenvalue weighted by atomic mass is 31.2. The summed E-state index contributed by atoms with van der Waals surface area (Å²) in [6, 6.07) is -0.914. The van der Waals surface area contributed by atoms with Crippen LogP contribution in [0.5, 0.6) is 0 Å². The van der Waals surface area contributed by atoms with Crippen LogP contribution in [0.15, 0.2) is 60.8 Å². The van der Waals surface area contributed by atoms with Gasteiger partial charge in [0.1, 0.15) is 13.2 Å². The summed E-state index contributed by atoms with van der Waals surface area (Å²) in [5.41, 5.74) is 0. The highest BCUT2D eigenvalue weighted by Gasteiger charge is 2.23. The highest BCUT2D eigenvalue weighted by Crippen LogP contribution is 2.38. The van der Waals surface area contributed by atoms with Gasteiger partial charge in [-0.1, -0.05) is 254 Å². The molecule has 3 atom stereocenters. The van der Waals surface area contributed by atoms with Crippen LogP contribution in [0.2, 0.25) is 0 Å². The van der Waals surface area contributed by atoms with Crippen molar-refractivity contribution < 1.29 is 32.9 Å². The normalized spacial score (nSPS) is 14.3. The Morgan fingerprint density at radius 1 is 0.500 bits per heavy atom. The Kier molecular flexibility index (Phi) is 50.7. The molecule has 0 rings (SSSR count). The largest absolute Gasteiger partial charge is 0.756 e. The molecule has 0 aliphatic rings. The van der Waals surface area contributed by atoms with E-state index in [4.69, 9.17) is 9.05 Å². The Morgan fingerprint density at radius 2 is 0.843 bits per heavy atom. The Morgan fingerprint density at radius 3 is 1.26 bits per heavy atom. The van der Waals surface area contributed by atoms with Crippen LogP contribution in [0.4, 0.5) is 0 Å². The quantitative estimate of drug-likeness (QED) is 0.0272. The average Bonchev–Trinajstić information content (AvgIpc) is 3.32. The molecule has 1 amide bonds. The molecule has 0 aromatic carbocycles. The average molecular weight is 1000 g/mol. The molecule has 0 saturated carbocycles. The van der Waals surface area contributed by atoms with Crippen molar-refractivity contribution in [1.29, 1.82) is 0 Å². The fraction of sp³-hybridized carbons (Fsp3) is 0.820. The summed E-state index contributed by atoms with van der Waals surface area (Å²) in [6.07, 6.45) is 70.2. The number of aliphatic hydroxyl groups is 1. The number of rotatable bonds is 54. The topological polar surface area (TPSA) is 108 Å². The molecule has 0 heterocycles. The van der Waals surface area contributed by atoms with Gasteiger partial charge in [-0.15, -0.1) is 0 Å². The van der Waals surface area contributed by atoms with E-state index in [1.807, 2.05) is 27.2 Å². The number of aliphatic hydroxyl groups excluding tert-OH is 1. The first-order valence-corrected chi connectivity index (χ1v) is 31.1. The first kappa shape index (κ1) is 68.2. The summed E-state index contributed by atoms with van der Waals surface area (Å²) in [5, 5.41) is 13.9. The summed E-state index contributed by atoms with van der Waals surface area (Å²) in [4.78, 5) is 25.5. The SMILES string of the molecule is CCCCCCC/C=C\C/C=C\C/C=C\CCCCCCCCC(=O)NC(COP(=O)([O-])OCC[N+](C)(C)C)C(O)/C=C/CC/C=C/CCCCCCCCCCCCCCCCCCCCCCC. The summed E-state index contributed by atoms with van der Waals surface area (Å²) in [5.74, 6) is -0.219. The zero-order valence-corrected chi connectivity index (χ0v) is 47.6. The number of phosphoric acid groups is 1. The van der Waals surface area contributed by atoms with Gasteiger partial charge in [0.15, 0.2) is 0 Å². The number of allylic oxidation sites excluding steroid dienone is 9. The minimum Gasteiger partial charge on any atom is -0.756 e. The lowest BCUT2D eigenvalue weighted by Gasteiger charge is -2.29. The second-order valence-corrected chi connectivity index (χ2v) is 22.8. The van der Waals surface area contributed by atoms with E-state index in [0.29, 0.717) is 17.4 Å². The number of amides is 1. The number of nitrogens with zero attached hydrogens (tertiary/aromatic N) is 1. The van der Waals surface area contributed by atoms with Gasteiger partial charge in [-0.25, -0.2) is 0 Å². The van der Waals surface area contributed by atoms with E-state index in [9.17, 15) is 19.4 Å². The molecule has 0 bridgehead atoms. The fourth-order valence-electron chi connectivity index (χ4n) is 8.53. The molecule has 0 saturated heterocycles. The number of quaternary nitrogens is 1. The number of unbranched alkanes of at least 4 members (excludes halogenated alkanes) is 33. The summed E-state index contributed by atoms with van der Waals surface area (Å²) < 4.78 is 23.3. The van der Waals surface area contributed by atoms with Crippen molar-refractivity contribution in [2.45, 2.75) is 283 Å². The number of phosphoric ester groups is 1. The maximum absolute atomic E-state index is 13.0. The number of hydrogen-bond acceptors (Lipinski definition) is 6. The Bertz CT molecular complexity index is 1320. The first-order valence-electron chi connectivity index (χ1n) is 29.7. The van der Waals surface area contributed by atoms with E-state index in [2.05, 4.69) is 67.8 Å². The molecule has 0 aromatic rings. The van der Waals surface area contributed by atoms with Gasteiger partial charge in [0.05, 0.1) is 39.9 Å². The summed E-state index contributed by atoms with van der Waals surface area (Å²) in [6.45, 7) is 4.63. The van der Waals surface area contributed by atoms with Gasteiger partial charge in [0.2, 0.25) is 5.91 Å². The molecule has 0 aliphatic heterocycles. The monoisotopic (exact) mass is 1000 g/mol. The van der Waals surface area contributed by atoms with Crippen molar-refractivity contribution in [1.82, 2.24) is 5.32 Å². The third-order valence-electron chi connectivity index (χ3n) is 13.2. The van der Waals surface area contributed by atoms with Gasteiger partial charge in [-0.05, 0) is 70.6 Å². The fourth-order valence-corrected chi connectivity index (χ4v) is 9.25. The van der Waals surface area contributed by atoms with E-state index >= 15 is 0 Å². The molecule has 0 aromatic heterocycles. The number of carbonyl (C=O) groups is 1. The number of carbonyl (C=O) groups excluding carboxylic acids is 1. The smallest absolute Gasteiger partial charge is 0.268 e. The maximum atomic E-state index is 13.0. The van der Waals surface area contributed by atoms with Gasteiger partial charge in [-0.3, -0.25) is 9.36 Å². The minimum atomic E-state index is -4.61. The summed E-state index contributed by atoms with van der Waals surface area (Å²) >= 11 is 0. The zero-order valence-electron chi connectivity index (χ0n) is 46.7. The molecule has 70 heavy (non-hydrogen) atoms. The molecule has 3 unspecified atom stereocenters. The van der Waals surface area contributed by atoms with Crippen LogP contribution in [0.1, 0.15) is 271 Å². The second kappa shape index (κ2) is 52.1. The third-order valence-corrected chi connectivity index (χ3v) is 14.2. The van der Waals surface area contributed by atoms with Crippen LogP contribution in [0, 0.1) is 0 Å². The van der Waals surface area contributed by atoms with Crippen molar-refractivity contribution >= 4 is 13.7 Å². The number of nitrogens with one attached hydrogen (secondary N) is 1. The van der Waals surface area contributed by atoms with Gasteiger partial charge >= 0.3 is 0 Å². The van der Waals surface area contributed by atoms with Crippen LogP contribution < -0.4 is 10.2 Å². The summed E-state index contributed by atoms with van der Waals surface area (Å²) in [7, 11) is 1.23. The lowest BCUT2D eigenvalue weighted by Crippen LogP contribution is -2.45. The predicted octanol–water partition coefficient (Wildman–Crippen LogP) is 17.5. The minimum absolute atomic E-state index is 0.0111. The molecule has 410 valence electrons. The number of hydrogen-bond donors (Lipinski definition) is 2. The molecular weight excluding hydrogens is 888 g/mol. The van der Waals surface area contributed by atoms with Crippen molar-refractivity contribution in [3.05, 3.63) is 60.8 Å². The molecular formula is C61H115N2O6P. The third kappa shape index (κ3) is 54.0. The lowest BCUT2D eigenvalue weighted by molar-refractivity contribution is -0.870. The van der Waals surface area contributed by atoms with E-state index in [1.54, 1.807) is 6.08 Å². The second-order valence-electron chi connectivity index (χ2n) is 21.3. The van der Waals surface area contributed by atoms with Gasteiger partial charge in [0.25, 0.3) is 7.82 Å². The Balaban J connectivity index is 4.26. The molecule has 0 aliphatic carbocycles. The van der Waals surface area contributed by atoms with Crippen LogP contribution in [-0.2, 0) is 18.4 Å². The van der Waals surface area contributed by atoms with Crippen molar-refractivity contribution in [2.24, 2.45) is 0 Å².